The molecule has 0 spiro atoms. The monoisotopic (exact) mass is 247 g/mol. The van der Waals surface area contributed by atoms with Gasteiger partial charge in [0.25, 0.3) is 0 Å². The molecule has 0 radical (unpaired) electrons. The number of aliphatic hydroxyl groups excluding tert-OH is 1. The number of methoxy groups -OCH3 is 2. The Kier molecular flexibility index (Phi) is 3.89. The van der Waals surface area contributed by atoms with Crippen molar-refractivity contribution in [2.75, 3.05) is 14.2 Å². The number of aliphatic hydroxyl groups is 1. The number of nitrogens with one attached hydrogen (secondary N) is 1. The fraction of sp³-hybridized carbons (Fsp3) is 0.286. The predicted molar refractivity (Wildman–Crippen MR) is 69.0 cm³/mol. The molecule has 4 heteroatoms. The summed E-state index contributed by atoms with van der Waals surface area (Å²) < 4.78 is 10.4. The number of hydrogen-bond acceptors (Lipinski definition) is 3. The normalized spacial score (nSPS) is 12.2. The van der Waals surface area contributed by atoms with E-state index in [4.69, 9.17) is 9.47 Å². The Morgan fingerprint density at radius 3 is 2.56 bits per heavy atom. The van der Waals surface area contributed by atoms with E-state index in [0.29, 0.717) is 17.9 Å². The standard InChI is InChI=1S/C14H17NO3/c1-17-13-4-3-10(8-14(13)18-2)7-12(16)11-5-6-15-9-11/h3-6,8-9,12,15-16H,7H2,1-2H3. The number of aromatic amines is 1. The molecule has 0 saturated heterocycles. The van der Waals surface area contributed by atoms with Crippen molar-refractivity contribution in [2.45, 2.75) is 12.5 Å². The van der Waals surface area contributed by atoms with E-state index in [2.05, 4.69) is 4.98 Å². The molecule has 0 aliphatic heterocycles. The van der Waals surface area contributed by atoms with Gasteiger partial charge in [-0.2, -0.15) is 0 Å². The van der Waals surface area contributed by atoms with Crippen molar-refractivity contribution >= 4 is 0 Å². The lowest BCUT2D eigenvalue weighted by Gasteiger charge is -2.12. The van der Waals surface area contributed by atoms with Gasteiger partial charge in [0.15, 0.2) is 11.5 Å². The smallest absolute Gasteiger partial charge is 0.160 e. The maximum atomic E-state index is 10.1. The van der Waals surface area contributed by atoms with Gasteiger partial charge in [-0.3, -0.25) is 0 Å². The summed E-state index contributed by atoms with van der Waals surface area (Å²) in [5.41, 5.74) is 1.88. The van der Waals surface area contributed by atoms with Crippen LogP contribution in [0, 0.1) is 0 Å². The zero-order chi connectivity index (χ0) is 13.0. The Morgan fingerprint density at radius 2 is 1.94 bits per heavy atom. The van der Waals surface area contributed by atoms with Gasteiger partial charge in [-0.1, -0.05) is 6.07 Å². The van der Waals surface area contributed by atoms with E-state index in [9.17, 15) is 5.11 Å². The van der Waals surface area contributed by atoms with Gasteiger partial charge >= 0.3 is 0 Å². The van der Waals surface area contributed by atoms with Gasteiger partial charge in [-0.15, -0.1) is 0 Å². The van der Waals surface area contributed by atoms with Gasteiger partial charge < -0.3 is 19.6 Å². The Morgan fingerprint density at radius 1 is 1.17 bits per heavy atom. The zero-order valence-corrected chi connectivity index (χ0v) is 10.5. The Labute approximate surface area is 106 Å². The molecular weight excluding hydrogens is 230 g/mol. The van der Waals surface area contributed by atoms with E-state index >= 15 is 0 Å². The third-order valence-electron chi connectivity index (χ3n) is 2.88. The van der Waals surface area contributed by atoms with Gasteiger partial charge in [-0.25, -0.2) is 0 Å². The summed E-state index contributed by atoms with van der Waals surface area (Å²) in [6.07, 6.45) is 3.62. The van der Waals surface area contributed by atoms with Gasteiger partial charge in [0, 0.05) is 18.8 Å². The van der Waals surface area contributed by atoms with E-state index in [0.717, 1.165) is 11.1 Å². The Bertz CT molecular complexity index is 494. The molecule has 1 heterocycles. The van der Waals surface area contributed by atoms with Crippen LogP contribution in [0.3, 0.4) is 0 Å². The van der Waals surface area contributed by atoms with Crippen LogP contribution in [0.4, 0.5) is 0 Å². The molecule has 1 aromatic heterocycles. The summed E-state index contributed by atoms with van der Waals surface area (Å²) in [6, 6.07) is 7.52. The van der Waals surface area contributed by atoms with Crippen LogP contribution in [0.15, 0.2) is 36.7 Å². The SMILES string of the molecule is COc1ccc(CC(O)c2cc[nH]c2)cc1OC. The third-order valence-corrected chi connectivity index (χ3v) is 2.88. The summed E-state index contributed by atoms with van der Waals surface area (Å²) in [7, 11) is 3.20. The van der Waals surface area contributed by atoms with Crippen molar-refractivity contribution in [2.24, 2.45) is 0 Å². The van der Waals surface area contributed by atoms with Crippen molar-refractivity contribution in [1.29, 1.82) is 0 Å². The van der Waals surface area contributed by atoms with Crippen molar-refractivity contribution in [3.05, 3.63) is 47.8 Å². The molecule has 0 aliphatic carbocycles. The van der Waals surface area contributed by atoms with Crippen LogP contribution in [0.2, 0.25) is 0 Å². The molecule has 0 bridgehead atoms. The minimum Gasteiger partial charge on any atom is -0.493 e. The van der Waals surface area contributed by atoms with Gasteiger partial charge in [0.2, 0.25) is 0 Å². The molecule has 0 saturated carbocycles. The molecular formula is C14H17NO3. The van der Waals surface area contributed by atoms with Crippen molar-refractivity contribution in [3.8, 4) is 11.5 Å². The molecule has 4 nitrogen and oxygen atoms in total. The van der Waals surface area contributed by atoms with Crippen LogP contribution in [0.25, 0.3) is 0 Å². The summed E-state index contributed by atoms with van der Waals surface area (Å²) >= 11 is 0. The molecule has 2 N–H and O–H groups in total. The third kappa shape index (κ3) is 2.65. The second-order valence-corrected chi connectivity index (χ2v) is 4.05. The highest BCUT2D eigenvalue weighted by Crippen LogP contribution is 2.29. The molecule has 0 aliphatic rings. The minimum absolute atomic E-state index is 0.519. The van der Waals surface area contributed by atoms with Gasteiger partial charge in [0.1, 0.15) is 0 Å². The topological polar surface area (TPSA) is 54.5 Å². The maximum Gasteiger partial charge on any atom is 0.160 e. The summed E-state index contributed by atoms with van der Waals surface area (Å²) in [5.74, 6) is 1.37. The lowest BCUT2D eigenvalue weighted by Crippen LogP contribution is -2.01. The molecule has 0 fully saturated rings. The average Bonchev–Trinajstić information content (AvgIpc) is 2.92. The van der Waals surface area contributed by atoms with E-state index in [-0.39, 0.29) is 0 Å². The van der Waals surface area contributed by atoms with Crippen LogP contribution in [-0.4, -0.2) is 24.3 Å². The van der Waals surface area contributed by atoms with Gasteiger partial charge in [0.05, 0.1) is 20.3 Å². The maximum absolute atomic E-state index is 10.1. The highest BCUT2D eigenvalue weighted by molar-refractivity contribution is 5.43. The Hall–Kier alpha value is -1.94. The number of aromatic nitrogens is 1. The summed E-state index contributed by atoms with van der Waals surface area (Å²) in [5, 5.41) is 10.1. The molecule has 18 heavy (non-hydrogen) atoms. The predicted octanol–water partition coefficient (Wildman–Crippen LogP) is 2.31. The molecule has 1 unspecified atom stereocenters. The molecule has 1 aromatic carbocycles. The van der Waals surface area contributed by atoms with Crippen LogP contribution >= 0.6 is 0 Å². The van der Waals surface area contributed by atoms with Crippen LogP contribution in [-0.2, 0) is 6.42 Å². The second-order valence-electron chi connectivity index (χ2n) is 4.05. The van der Waals surface area contributed by atoms with Crippen molar-refractivity contribution in [3.63, 3.8) is 0 Å². The molecule has 2 rings (SSSR count). The number of rotatable bonds is 5. The van der Waals surface area contributed by atoms with Crippen molar-refractivity contribution < 1.29 is 14.6 Å². The lowest BCUT2D eigenvalue weighted by molar-refractivity contribution is 0.178. The first kappa shape index (κ1) is 12.5. The number of H-pyrrole nitrogens is 1. The Balaban J connectivity index is 2.14. The fourth-order valence-electron chi connectivity index (χ4n) is 1.89. The number of ether oxygens (including phenoxy) is 2. The van der Waals surface area contributed by atoms with E-state index in [1.807, 2.05) is 24.3 Å². The van der Waals surface area contributed by atoms with Crippen LogP contribution in [0.1, 0.15) is 17.2 Å². The molecule has 0 amide bonds. The summed E-state index contributed by atoms with van der Waals surface area (Å²) in [4.78, 5) is 2.93. The quantitative estimate of drug-likeness (QED) is 0.852. The van der Waals surface area contributed by atoms with E-state index in [1.54, 1.807) is 26.6 Å². The number of benzene rings is 1. The number of hydrogen-bond donors (Lipinski definition) is 2. The highest BCUT2D eigenvalue weighted by atomic mass is 16.5. The molecule has 1 atom stereocenters. The second kappa shape index (κ2) is 5.60. The molecule has 96 valence electrons. The van der Waals surface area contributed by atoms with Gasteiger partial charge in [-0.05, 0) is 29.3 Å². The average molecular weight is 247 g/mol. The van der Waals surface area contributed by atoms with E-state index < -0.39 is 6.10 Å². The first-order chi connectivity index (χ1) is 8.74. The summed E-state index contributed by atoms with van der Waals surface area (Å²) in [6.45, 7) is 0. The first-order valence-electron chi connectivity index (χ1n) is 5.76. The fourth-order valence-corrected chi connectivity index (χ4v) is 1.89. The van der Waals surface area contributed by atoms with E-state index in [1.165, 1.54) is 0 Å². The van der Waals surface area contributed by atoms with Crippen molar-refractivity contribution in [1.82, 2.24) is 4.98 Å². The highest BCUT2D eigenvalue weighted by Gasteiger charge is 2.11. The van der Waals surface area contributed by atoms with Crippen LogP contribution < -0.4 is 9.47 Å². The first-order valence-corrected chi connectivity index (χ1v) is 5.76. The molecule has 2 aromatic rings. The lowest BCUT2D eigenvalue weighted by atomic mass is 10.0. The minimum atomic E-state index is -0.519. The largest absolute Gasteiger partial charge is 0.493 e. The zero-order valence-electron chi connectivity index (χ0n) is 10.5. The van der Waals surface area contributed by atoms with Crippen LogP contribution in [0.5, 0.6) is 11.5 Å².